The predicted molar refractivity (Wildman–Crippen MR) is 42.9 cm³/mol. The van der Waals surface area contributed by atoms with Crippen molar-refractivity contribution >= 4 is 0 Å². The lowest BCUT2D eigenvalue weighted by atomic mass is 9.78. The van der Waals surface area contributed by atoms with Crippen LogP contribution in [0.3, 0.4) is 0 Å². The Morgan fingerprint density at radius 3 is 2.50 bits per heavy atom. The zero-order chi connectivity index (χ0) is 7.19. The first-order valence-corrected chi connectivity index (χ1v) is 4.39. The standard InChI is InChI=1S/C9H17N/c1-8-3-4-9(5-8)6-10(2)7-9/h8H,3-7H2,1-2H3/t8-/m1/s1. The Morgan fingerprint density at radius 2 is 2.10 bits per heavy atom. The molecule has 0 unspecified atom stereocenters. The second kappa shape index (κ2) is 1.97. The van der Waals surface area contributed by atoms with Gasteiger partial charge < -0.3 is 4.90 Å². The van der Waals surface area contributed by atoms with Gasteiger partial charge in [-0.05, 0) is 31.2 Å². The number of likely N-dealkylation sites (tertiary alicyclic amines) is 1. The molecule has 1 saturated heterocycles. The van der Waals surface area contributed by atoms with Gasteiger partial charge in [-0.3, -0.25) is 0 Å². The third-order valence-electron chi connectivity index (χ3n) is 3.16. The van der Waals surface area contributed by atoms with Crippen LogP contribution in [0.25, 0.3) is 0 Å². The normalized spacial score (nSPS) is 38.4. The first kappa shape index (κ1) is 6.66. The van der Waals surface area contributed by atoms with Gasteiger partial charge in [0, 0.05) is 13.1 Å². The monoisotopic (exact) mass is 139 g/mol. The lowest BCUT2D eigenvalue weighted by Crippen LogP contribution is -2.52. The second-order valence-corrected chi connectivity index (χ2v) is 4.52. The molecule has 0 amide bonds. The summed E-state index contributed by atoms with van der Waals surface area (Å²) < 4.78 is 0. The molecule has 0 N–H and O–H groups in total. The number of nitrogens with zero attached hydrogens (tertiary/aromatic N) is 1. The fourth-order valence-corrected chi connectivity index (χ4v) is 2.88. The molecule has 2 rings (SSSR count). The molecular weight excluding hydrogens is 122 g/mol. The first-order chi connectivity index (χ1) is 4.70. The molecule has 58 valence electrons. The van der Waals surface area contributed by atoms with Gasteiger partial charge in [-0.2, -0.15) is 0 Å². The molecular formula is C9H17N. The summed E-state index contributed by atoms with van der Waals surface area (Å²) in [5.74, 6) is 1.01. The summed E-state index contributed by atoms with van der Waals surface area (Å²) in [4.78, 5) is 2.44. The molecule has 1 spiro atoms. The van der Waals surface area contributed by atoms with Crippen molar-refractivity contribution < 1.29 is 0 Å². The molecule has 1 saturated carbocycles. The van der Waals surface area contributed by atoms with Crippen LogP contribution in [-0.4, -0.2) is 25.0 Å². The summed E-state index contributed by atoms with van der Waals surface area (Å²) in [7, 11) is 2.23. The van der Waals surface area contributed by atoms with E-state index in [4.69, 9.17) is 0 Å². The van der Waals surface area contributed by atoms with E-state index in [1.165, 1.54) is 32.4 Å². The molecule has 0 aromatic carbocycles. The minimum atomic E-state index is 0.786. The molecule has 10 heavy (non-hydrogen) atoms. The van der Waals surface area contributed by atoms with Gasteiger partial charge in [0.25, 0.3) is 0 Å². The van der Waals surface area contributed by atoms with Gasteiger partial charge in [0.15, 0.2) is 0 Å². The third-order valence-corrected chi connectivity index (χ3v) is 3.16. The third kappa shape index (κ3) is 0.878. The van der Waals surface area contributed by atoms with E-state index in [2.05, 4.69) is 18.9 Å². The summed E-state index contributed by atoms with van der Waals surface area (Å²) in [5.41, 5.74) is 0.786. The smallest absolute Gasteiger partial charge is 0.00475 e. The van der Waals surface area contributed by atoms with Crippen LogP contribution in [0.15, 0.2) is 0 Å². The van der Waals surface area contributed by atoms with Crippen LogP contribution in [0, 0.1) is 11.3 Å². The van der Waals surface area contributed by atoms with Crippen LogP contribution >= 0.6 is 0 Å². The van der Waals surface area contributed by atoms with E-state index in [1.54, 1.807) is 0 Å². The van der Waals surface area contributed by atoms with Gasteiger partial charge in [0.05, 0.1) is 0 Å². The zero-order valence-electron chi connectivity index (χ0n) is 7.06. The van der Waals surface area contributed by atoms with E-state index in [9.17, 15) is 0 Å². The Labute approximate surface area is 63.4 Å². The Hall–Kier alpha value is -0.0400. The molecule has 1 heterocycles. The zero-order valence-corrected chi connectivity index (χ0v) is 7.06. The lowest BCUT2D eigenvalue weighted by molar-refractivity contribution is 0.0258. The van der Waals surface area contributed by atoms with Crippen LogP contribution in [0.1, 0.15) is 26.2 Å². The van der Waals surface area contributed by atoms with Crippen LogP contribution in [0.4, 0.5) is 0 Å². The number of hydrogen-bond donors (Lipinski definition) is 0. The van der Waals surface area contributed by atoms with Gasteiger partial charge >= 0.3 is 0 Å². The Balaban J connectivity index is 1.95. The van der Waals surface area contributed by atoms with Crippen molar-refractivity contribution in [3.63, 3.8) is 0 Å². The minimum Gasteiger partial charge on any atom is -0.305 e. The predicted octanol–water partition coefficient (Wildman–Crippen LogP) is 1.74. The fraction of sp³-hybridized carbons (Fsp3) is 1.00. The maximum Gasteiger partial charge on any atom is 0.00475 e. The van der Waals surface area contributed by atoms with Crippen LogP contribution in [0.2, 0.25) is 0 Å². The van der Waals surface area contributed by atoms with Crippen molar-refractivity contribution in [3.05, 3.63) is 0 Å². The molecule has 1 atom stereocenters. The topological polar surface area (TPSA) is 3.24 Å². The molecule has 2 fully saturated rings. The second-order valence-electron chi connectivity index (χ2n) is 4.52. The highest BCUT2D eigenvalue weighted by Crippen LogP contribution is 2.47. The van der Waals surface area contributed by atoms with Gasteiger partial charge in [0.1, 0.15) is 0 Å². The fourth-order valence-electron chi connectivity index (χ4n) is 2.88. The van der Waals surface area contributed by atoms with Crippen molar-refractivity contribution in [2.45, 2.75) is 26.2 Å². The molecule has 0 bridgehead atoms. The van der Waals surface area contributed by atoms with Crippen molar-refractivity contribution in [3.8, 4) is 0 Å². The van der Waals surface area contributed by atoms with E-state index >= 15 is 0 Å². The molecule has 2 aliphatic rings. The molecule has 1 aliphatic heterocycles. The average Bonchev–Trinajstić information content (AvgIpc) is 2.10. The molecule has 1 heteroatoms. The Bertz CT molecular complexity index is 130. The van der Waals surface area contributed by atoms with Crippen LogP contribution in [0.5, 0.6) is 0 Å². The first-order valence-electron chi connectivity index (χ1n) is 4.39. The summed E-state index contributed by atoms with van der Waals surface area (Å²) >= 11 is 0. The van der Waals surface area contributed by atoms with Gasteiger partial charge in [-0.25, -0.2) is 0 Å². The van der Waals surface area contributed by atoms with E-state index in [1.807, 2.05) is 0 Å². The minimum absolute atomic E-state index is 0.786. The highest BCUT2D eigenvalue weighted by atomic mass is 15.2. The average molecular weight is 139 g/mol. The molecule has 1 nitrogen and oxygen atoms in total. The highest BCUT2D eigenvalue weighted by Gasteiger charge is 2.45. The SMILES string of the molecule is C[C@@H]1CCC2(C1)CN(C)C2. The van der Waals surface area contributed by atoms with E-state index in [-0.39, 0.29) is 0 Å². The molecule has 1 aliphatic carbocycles. The maximum absolute atomic E-state index is 2.44. The van der Waals surface area contributed by atoms with Crippen molar-refractivity contribution in [1.82, 2.24) is 4.90 Å². The molecule has 0 radical (unpaired) electrons. The molecule has 0 aromatic rings. The quantitative estimate of drug-likeness (QED) is 0.494. The van der Waals surface area contributed by atoms with Crippen LogP contribution < -0.4 is 0 Å². The Morgan fingerprint density at radius 1 is 1.40 bits per heavy atom. The van der Waals surface area contributed by atoms with Crippen molar-refractivity contribution in [2.75, 3.05) is 20.1 Å². The van der Waals surface area contributed by atoms with Crippen molar-refractivity contribution in [2.24, 2.45) is 11.3 Å². The number of hydrogen-bond acceptors (Lipinski definition) is 1. The largest absolute Gasteiger partial charge is 0.305 e. The van der Waals surface area contributed by atoms with Crippen molar-refractivity contribution in [1.29, 1.82) is 0 Å². The van der Waals surface area contributed by atoms with E-state index in [0.29, 0.717) is 0 Å². The lowest BCUT2D eigenvalue weighted by Gasteiger charge is -2.46. The molecule has 0 aromatic heterocycles. The summed E-state index contributed by atoms with van der Waals surface area (Å²) in [6.45, 7) is 5.14. The van der Waals surface area contributed by atoms with Gasteiger partial charge in [-0.15, -0.1) is 0 Å². The van der Waals surface area contributed by atoms with Crippen LogP contribution in [-0.2, 0) is 0 Å². The maximum atomic E-state index is 2.44. The summed E-state index contributed by atoms with van der Waals surface area (Å²) in [5, 5.41) is 0. The van der Waals surface area contributed by atoms with Gasteiger partial charge in [0.2, 0.25) is 0 Å². The Kier molecular flexibility index (Phi) is 1.31. The summed E-state index contributed by atoms with van der Waals surface area (Å²) in [6, 6.07) is 0. The highest BCUT2D eigenvalue weighted by molar-refractivity contribution is 4.98. The van der Waals surface area contributed by atoms with E-state index < -0.39 is 0 Å². The van der Waals surface area contributed by atoms with Gasteiger partial charge in [-0.1, -0.05) is 13.3 Å². The summed E-state index contributed by atoms with van der Waals surface area (Å²) in [6.07, 6.45) is 4.48. The van der Waals surface area contributed by atoms with E-state index in [0.717, 1.165) is 11.3 Å². The number of rotatable bonds is 0.